The normalized spacial score (nSPS) is 10.3. The summed E-state index contributed by atoms with van der Waals surface area (Å²) in [5, 5.41) is 0. The average molecular weight is 265 g/mol. The van der Waals surface area contributed by atoms with E-state index in [1.807, 2.05) is 31.2 Å². The fourth-order valence-electron chi connectivity index (χ4n) is 1.51. The Labute approximate surface area is 96.0 Å². The lowest BCUT2D eigenvalue weighted by Crippen LogP contribution is -1.76. The van der Waals surface area contributed by atoms with Crippen molar-refractivity contribution in [3.63, 3.8) is 0 Å². The number of halogens is 1. The number of furan rings is 1. The van der Waals surface area contributed by atoms with E-state index in [4.69, 9.17) is 4.42 Å². The summed E-state index contributed by atoms with van der Waals surface area (Å²) in [4.78, 5) is 10.6. The van der Waals surface area contributed by atoms with Crippen molar-refractivity contribution in [3.05, 3.63) is 46.3 Å². The molecule has 2 aromatic rings. The van der Waals surface area contributed by atoms with E-state index in [9.17, 15) is 4.79 Å². The number of benzene rings is 1. The van der Waals surface area contributed by atoms with Gasteiger partial charge in [0.25, 0.3) is 0 Å². The van der Waals surface area contributed by atoms with Crippen LogP contribution >= 0.6 is 15.9 Å². The van der Waals surface area contributed by atoms with E-state index in [2.05, 4.69) is 15.9 Å². The summed E-state index contributed by atoms with van der Waals surface area (Å²) < 4.78 is 6.28. The highest BCUT2D eigenvalue weighted by atomic mass is 79.9. The average Bonchev–Trinajstić information content (AvgIpc) is 2.60. The Morgan fingerprint density at radius 3 is 2.73 bits per heavy atom. The van der Waals surface area contributed by atoms with Crippen LogP contribution in [-0.4, -0.2) is 6.29 Å². The molecule has 1 aromatic heterocycles. The van der Waals surface area contributed by atoms with E-state index in [1.165, 1.54) is 0 Å². The third-order valence-corrected chi connectivity index (χ3v) is 2.68. The fourth-order valence-corrected chi connectivity index (χ4v) is 1.91. The van der Waals surface area contributed by atoms with Gasteiger partial charge in [-0.2, -0.15) is 0 Å². The van der Waals surface area contributed by atoms with Crippen molar-refractivity contribution in [1.29, 1.82) is 0 Å². The second kappa shape index (κ2) is 4.03. The Bertz CT molecular complexity index is 500. The van der Waals surface area contributed by atoms with Crippen LogP contribution in [0.2, 0.25) is 0 Å². The van der Waals surface area contributed by atoms with Crippen LogP contribution in [0.25, 0.3) is 11.1 Å². The Morgan fingerprint density at radius 1 is 1.33 bits per heavy atom. The van der Waals surface area contributed by atoms with Gasteiger partial charge in [0, 0.05) is 10.0 Å². The topological polar surface area (TPSA) is 30.2 Å². The van der Waals surface area contributed by atoms with Gasteiger partial charge in [-0.25, -0.2) is 0 Å². The molecule has 0 fully saturated rings. The summed E-state index contributed by atoms with van der Waals surface area (Å²) in [6.07, 6.45) is 0.717. The van der Waals surface area contributed by atoms with E-state index in [0.717, 1.165) is 21.4 Å². The maximum absolute atomic E-state index is 10.6. The van der Waals surface area contributed by atoms with Crippen LogP contribution in [0.15, 0.2) is 39.2 Å². The summed E-state index contributed by atoms with van der Waals surface area (Å²) in [5.74, 6) is 1.12. The van der Waals surface area contributed by atoms with Crippen molar-refractivity contribution in [2.45, 2.75) is 6.92 Å². The lowest BCUT2D eigenvalue weighted by Gasteiger charge is -1.98. The molecule has 0 amide bonds. The van der Waals surface area contributed by atoms with Gasteiger partial charge in [-0.1, -0.05) is 28.1 Å². The number of rotatable bonds is 2. The zero-order valence-corrected chi connectivity index (χ0v) is 9.74. The zero-order chi connectivity index (χ0) is 10.8. The first-order chi connectivity index (χ1) is 7.20. The first-order valence-corrected chi connectivity index (χ1v) is 5.31. The van der Waals surface area contributed by atoms with Gasteiger partial charge < -0.3 is 4.42 Å². The monoisotopic (exact) mass is 264 g/mol. The van der Waals surface area contributed by atoms with Gasteiger partial charge >= 0.3 is 0 Å². The molecule has 3 heteroatoms. The quantitative estimate of drug-likeness (QED) is 0.772. The molecule has 0 aliphatic rings. The maximum atomic E-state index is 10.6. The van der Waals surface area contributed by atoms with Crippen molar-refractivity contribution >= 4 is 22.2 Å². The van der Waals surface area contributed by atoms with Crippen LogP contribution in [0.3, 0.4) is 0 Å². The molecule has 2 rings (SSSR count). The predicted molar refractivity (Wildman–Crippen MR) is 62.0 cm³/mol. The molecule has 0 N–H and O–H groups in total. The molecule has 0 aliphatic heterocycles. The lowest BCUT2D eigenvalue weighted by atomic mass is 10.1. The molecule has 0 aliphatic carbocycles. The smallest absolute Gasteiger partial charge is 0.185 e. The lowest BCUT2D eigenvalue weighted by molar-refractivity contribution is 0.109. The Kier molecular flexibility index (Phi) is 2.73. The Morgan fingerprint density at radius 2 is 2.13 bits per heavy atom. The van der Waals surface area contributed by atoms with Gasteiger partial charge in [0.05, 0.1) is 0 Å². The number of carbonyl (C=O) groups is 1. The minimum Gasteiger partial charge on any atom is -0.458 e. The van der Waals surface area contributed by atoms with E-state index < -0.39 is 0 Å². The molecule has 76 valence electrons. The number of carbonyl (C=O) groups excluding carboxylic acids is 1. The number of aldehydes is 1. The molecule has 1 aromatic carbocycles. The highest BCUT2D eigenvalue weighted by Crippen LogP contribution is 2.28. The van der Waals surface area contributed by atoms with Crippen LogP contribution in [0.5, 0.6) is 0 Å². The molecule has 0 atom stereocenters. The van der Waals surface area contributed by atoms with E-state index in [0.29, 0.717) is 12.0 Å². The second-order valence-electron chi connectivity index (χ2n) is 3.25. The summed E-state index contributed by atoms with van der Waals surface area (Å²) in [5.41, 5.74) is 2.00. The standard InChI is InChI=1S/C12H9BrO2/c1-8-12(6-11(7-14)15-8)9-3-2-4-10(13)5-9/h2-7H,1H3. The van der Waals surface area contributed by atoms with Crippen molar-refractivity contribution < 1.29 is 9.21 Å². The minimum atomic E-state index is 0.363. The van der Waals surface area contributed by atoms with E-state index in [-0.39, 0.29) is 0 Å². The molecule has 0 saturated heterocycles. The molecular weight excluding hydrogens is 256 g/mol. The fraction of sp³-hybridized carbons (Fsp3) is 0.0833. The number of aryl methyl sites for hydroxylation is 1. The molecule has 0 bridgehead atoms. The maximum Gasteiger partial charge on any atom is 0.185 e. The first kappa shape index (κ1) is 10.2. The van der Waals surface area contributed by atoms with Crippen molar-refractivity contribution in [2.24, 2.45) is 0 Å². The number of hydrogen-bond acceptors (Lipinski definition) is 2. The third kappa shape index (κ3) is 2.02. The molecule has 2 nitrogen and oxygen atoms in total. The molecule has 15 heavy (non-hydrogen) atoms. The van der Waals surface area contributed by atoms with Gasteiger partial charge in [-0.05, 0) is 30.7 Å². The van der Waals surface area contributed by atoms with Crippen LogP contribution < -0.4 is 0 Å². The predicted octanol–water partition coefficient (Wildman–Crippen LogP) is 3.83. The minimum absolute atomic E-state index is 0.363. The van der Waals surface area contributed by atoms with Crippen LogP contribution in [-0.2, 0) is 0 Å². The van der Waals surface area contributed by atoms with Gasteiger partial charge in [0.2, 0.25) is 0 Å². The van der Waals surface area contributed by atoms with Crippen molar-refractivity contribution in [1.82, 2.24) is 0 Å². The third-order valence-electron chi connectivity index (χ3n) is 2.19. The van der Waals surface area contributed by atoms with Crippen molar-refractivity contribution in [2.75, 3.05) is 0 Å². The van der Waals surface area contributed by atoms with Crippen LogP contribution in [0.4, 0.5) is 0 Å². The molecule has 0 spiro atoms. The Balaban J connectivity index is 2.53. The van der Waals surface area contributed by atoms with E-state index in [1.54, 1.807) is 6.07 Å². The zero-order valence-electron chi connectivity index (χ0n) is 8.16. The Hall–Kier alpha value is -1.35. The molecule has 0 radical (unpaired) electrons. The summed E-state index contributed by atoms with van der Waals surface area (Å²) >= 11 is 3.41. The van der Waals surface area contributed by atoms with Gasteiger partial charge in [0.15, 0.2) is 12.0 Å². The molecular formula is C12H9BrO2. The van der Waals surface area contributed by atoms with Crippen molar-refractivity contribution in [3.8, 4) is 11.1 Å². The highest BCUT2D eigenvalue weighted by molar-refractivity contribution is 9.10. The van der Waals surface area contributed by atoms with E-state index >= 15 is 0 Å². The van der Waals surface area contributed by atoms with Crippen LogP contribution in [0, 0.1) is 6.92 Å². The molecule has 0 unspecified atom stereocenters. The summed E-state index contributed by atoms with van der Waals surface area (Å²) in [6.45, 7) is 1.85. The van der Waals surface area contributed by atoms with Gasteiger partial charge in [-0.3, -0.25) is 4.79 Å². The second-order valence-corrected chi connectivity index (χ2v) is 4.16. The molecule has 0 saturated carbocycles. The molecule has 1 heterocycles. The largest absolute Gasteiger partial charge is 0.458 e. The summed E-state index contributed by atoms with van der Waals surface area (Å²) in [7, 11) is 0. The summed E-state index contributed by atoms with van der Waals surface area (Å²) in [6, 6.07) is 9.64. The first-order valence-electron chi connectivity index (χ1n) is 4.52. The van der Waals surface area contributed by atoms with Gasteiger partial charge in [0.1, 0.15) is 5.76 Å². The SMILES string of the molecule is Cc1oc(C=O)cc1-c1cccc(Br)c1. The highest BCUT2D eigenvalue weighted by Gasteiger charge is 2.08. The van der Waals surface area contributed by atoms with Crippen LogP contribution in [0.1, 0.15) is 16.3 Å². The number of hydrogen-bond donors (Lipinski definition) is 0. The van der Waals surface area contributed by atoms with Gasteiger partial charge in [-0.15, -0.1) is 0 Å².